The van der Waals surface area contributed by atoms with Crippen LogP contribution in [-0.2, 0) is 0 Å². The fourth-order valence-electron chi connectivity index (χ4n) is 2.46. The van der Waals surface area contributed by atoms with Crippen LogP contribution in [0.1, 0.15) is 40.0 Å². The molecule has 0 amide bonds. The number of hydrogen-bond acceptors (Lipinski definition) is 3. The molecular formula is C19H15Cl10NS2. The van der Waals surface area contributed by atoms with Crippen molar-refractivity contribution < 1.29 is 0 Å². The summed E-state index contributed by atoms with van der Waals surface area (Å²) in [7, 11) is 0. The molecule has 0 saturated heterocycles. The Balaban J connectivity index is 2.63. The molecular weight excluding hydrogens is 661 g/mol. The molecule has 0 aliphatic carbocycles. The second-order valence-corrected chi connectivity index (χ2v) is 13.1. The predicted molar refractivity (Wildman–Crippen MR) is 150 cm³/mol. The summed E-state index contributed by atoms with van der Waals surface area (Å²) in [6.07, 6.45) is 2.81. The van der Waals surface area contributed by atoms with Crippen LogP contribution in [-0.4, -0.2) is 9.25 Å². The predicted octanol–water partition coefficient (Wildman–Crippen LogP) is 13.2. The van der Waals surface area contributed by atoms with E-state index in [0.717, 1.165) is 19.3 Å². The number of hydrogen-bond donors (Lipinski definition) is 0. The molecule has 1 nitrogen and oxygen atoms in total. The molecule has 178 valence electrons. The highest BCUT2D eigenvalue weighted by Gasteiger charge is 2.33. The van der Waals surface area contributed by atoms with Crippen LogP contribution < -0.4 is 0 Å². The monoisotopic (exact) mass is 671 g/mol. The van der Waals surface area contributed by atoms with Gasteiger partial charge in [0.25, 0.3) is 0 Å². The summed E-state index contributed by atoms with van der Waals surface area (Å²) in [4.78, 5) is 0.867. The van der Waals surface area contributed by atoms with Gasteiger partial charge in [0.1, 0.15) is 0 Å². The molecule has 2 aromatic carbocycles. The van der Waals surface area contributed by atoms with Crippen LogP contribution in [0, 0.1) is 0 Å². The van der Waals surface area contributed by atoms with E-state index in [1.54, 1.807) is 0 Å². The Morgan fingerprint density at radius 2 is 0.844 bits per heavy atom. The van der Waals surface area contributed by atoms with Crippen LogP contribution in [0.4, 0.5) is 0 Å². The standard InChI is InChI=1S/C19H15Cl10NS2/c1-4-5-6-19(2,3)30(31-17-13(26)9(22)7(20)10(23)14(17)27)32-18-15(28)11(24)8(21)12(25)16(18)29/h4-6H2,1-3H3. The zero-order chi connectivity index (χ0) is 24.5. The fraction of sp³-hybridized carbons (Fsp3) is 0.368. The van der Waals surface area contributed by atoms with Gasteiger partial charge in [-0.15, -0.1) is 0 Å². The van der Waals surface area contributed by atoms with Crippen molar-refractivity contribution in [3.63, 3.8) is 0 Å². The first-order valence-corrected chi connectivity index (χ1v) is 14.3. The van der Waals surface area contributed by atoms with Crippen molar-refractivity contribution in [3.05, 3.63) is 50.2 Å². The zero-order valence-electron chi connectivity index (χ0n) is 16.7. The number of nitrogens with zero attached hydrogens (tertiary/aromatic N) is 1. The van der Waals surface area contributed by atoms with Gasteiger partial charge in [-0.25, -0.2) is 0 Å². The SMILES string of the molecule is CCCCC(C)(C)N(Sc1c(Cl)c(Cl)c(Cl)c(Cl)c1Cl)Sc1c(Cl)c(Cl)c(Cl)c(Cl)c1Cl. The van der Waals surface area contributed by atoms with Crippen LogP contribution in [0.15, 0.2) is 9.79 Å². The largest absolute Gasteiger partial charge is 0.180 e. The highest BCUT2D eigenvalue weighted by molar-refractivity contribution is 8.12. The highest BCUT2D eigenvalue weighted by Crippen LogP contribution is 2.55. The van der Waals surface area contributed by atoms with Crippen molar-refractivity contribution in [2.45, 2.75) is 55.4 Å². The Hall–Kier alpha value is 2.00. The molecule has 0 heterocycles. The van der Waals surface area contributed by atoms with Gasteiger partial charge >= 0.3 is 0 Å². The van der Waals surface area contributed by atoms with Gasteiger partial charge < -0.3 is 0 Å². The number of halogens is 10. The van der Waals surface area contributed by atoms with Gasteiger partial charge in [-0.1, -0.05) is 136 Å². The van der Waals surface area contributed by atoms with E-state index >= 15 is 0 Å². The lowest BCUT2D eigenvalue weighted by Crippen LogP contribution is -2.34. The lowest BCUT2D eigenvalue weighted by Gasteiger charge is -2.37. The van der Waals surface area contributed by atoms with Gasteiger partial charge in [0, 0.05) is 5.54 Å². The third kappa shape index (κ3) is 6.46. The lowest BCUT2D eigenvalue weighted by molar-refractivity contribution is 0.334. The van der Waals surface area contributed by atoms with E-state index in [-0.39, 0.29) is 50.2 Å². The quantitative estimate of drug-likeness (QED) is 0.156. The van der Waals surface area contributed by atoms with Crippen molar-refractivity contribution >= 4 is 140 Å². The Labute approximate surface area is 246 Å². The molecule has 32 heavy (non-hydrogen) atoms. The van der Waals surface area contributed by atoms with Gasteiger partial charge in [-0.3, -0.25) is 0 Å². The smallest absolute Gasteiger partial charge is 0.0809 e. The Bertz CT molecular complexity index is 899. The van der Waals surface area contributed by atoms with E-state index in [1.165, 1.54) is 23.9 Å². The maximum absolute atomic E-state index is 6.48. The average molecular weight is 676 g/mol. The molecule has 0 fully saturated rings. The summed E-state index contributed by atoms with van der Waals surface area (Å²) < 4.78 is 1.95. The summed E-state index contributed by atoms with van der Waals surface area (Å²) in [5.74, 6) is 0. The molecule has 0 bridgehead atoms. The number of benzene rings is 2. The lowest BCUT2D eigenvalue weighted by atomic mass is 9.99. The van der Waals surface area contributed by atoms with E-state index in [4.69, 9.17) is 116 Å². The molecule has 0 N–H and O–H groups in total. The van der Waals surface area contributed by atoms with Gasteiger partial charge in [-0.2, -0.15) is 3.71 Å². The van der Waals surface area contributed by atoms with Gasteiger partial charge in [0.2, 0.25) is 0 Å². The maximum atomic E-state index is 6.48. The summed E-state index contributed by atoms with van der Waals surface area (Å²) in [6.45, 7) is 6.23. The van der Waals surface area contributed by atoms with E-state index in [1.807, 2.05) is 3.71 Å². The van der Waals surface area contributed by atoms with Crippen LogP contribution in [0.2, 0.25) is 50.2 Å². The normalized spacial score (nSPS) is 12.2. The summed E-state index contributed by atoms with van der Waals surface area (Å²) >= 11 is 65.8. The third-order valence-electron chi connectivity index (χ3n) is 4.32. The van der Waals surface area contributed by atoms with Gasteiger partial charge in [0.15, 0.2) is 0 Å². The zero-order valence-corrected chi connectivity index (χ0v) is 25.9. The van der Waals surface area contributed by atoms with Crippen LogP contribution >= 0.6 is 140 Å². The highest BCUT2D eigenvalue weighted by atomic mass is 35.5. The number of unbranched alkanes of at least 4 members (excludes halogenated alkanes) is 1. The fourth-order valence-corrected chi connectivity index (χ4v) is 7.71. The molecule has 0 aliphatic heterocycles. The minimum atomic E-state index is -0.401. The molecule has 0 radical (unpaired) electrons. The summed E-state index contributed by atoms with van der Waals surface area (Å²) in [6, 6.07) is 0. The summed E-state index contributed by atoms with van der Waals surface area (Å²) in [5, 5.41) is 1.30. The van der Waals surface area contributed by atoms with Crippen molar-refractivity contribution in [2.75, 3.05) is 0 Å². The van der Waals surface area contributed by atoms with Crippen LogP contribution in [0.3, 0.4) is 0 Å². The van der Waals surface area contributed by atoms with Crippen molar-refractivity contribution in [1.29, 1.82) is 0 Å². The average Bonchev–Trinajstić information content (AvgIpc) is 2.76. The molecule has 0 spiro atoms. The first-order chi connectivity index (χ1) is 14.8. The Morgan fingerprint density at radius 3 is 1.12 bits per heavy atom. The van der Waals surface area contributed by atoms with Crippen LogP contribution in [0.5, 0.6) is 0 Å². The van der Waals surface area contributed by atoms with E-state index in [0.29, 0.717) is 9.79 Å². The maximum Gasteiger partial charge on any atom is 0.0809 e. The van der Waals surface area contributed by atoms with E-state index < -0.39 is 5.54 Å². The second-order valence-electron chi connectivity index (χ2n) is 7.15. The van der Waals surface area contributed by atoms with Crippen molar-refractivity contribution in [3.8, 4) is 0 Å². The second kappa shape index (κ2) is 12.5. The van der Waals surface area contributed by atoms with E-state index in [9.17, 15) is 0 Å². The molecule has 2 aromatic rings. The molecule has 13 heteroatoms. The first kappa shape index (κ1) is 30.2. The molecule has 0 saturated carbocycles. The Morgan fingerprint density at radius 1 is 0.562 bits per heavy atom. The van der Waals surface area contributed by atoms with Crippen LogP contribution in [0.25, 0.3) is 0 Å². The minimum absolute atomic E-state index is 0.0829. The van der Waals surface area contributed by atoms with Crippen molar-refractivity contribution in [2.24, 2.45) is 0 Å². The topological polar surface area (TPSA) is 3.24 Å². The first-order valence-electron chi connectivity index (χ1n) is 8.95. The molecule has 0 unspecified atom stereocenters. The number of rotatable bonds is 8. The Kier molecular flexibility index (Phi) is 11.8. The molecule has 0 atom stereocenters. The minimum Gasteiger partial charge on any atom is -0.180 e. The van der Waals surface area contributed by atoms with Crippen molar-refractivity contribution in [1.82, 2.24) is 3.71 Å². The molecule has 0 aromatic heterocycles. The van der Waals surface area contributed by atoms with Gasteiger partial charge in [-0.05, 0) is 44.2 Å². The van der Waals surface area contributed by atoms with E-state index in [2.05, 4.69) is 20.8 Å². The third-order valence-corrected chi connectivity index (χ3v) is 12.3. The molecule has 0 aliphatic rings. The van der Waals surface area contributed by atoms with Gasteiger partial charge in [0.05, 0.1) is 60.0 Å². The molecule has 2 rings (SSSR count). The summed E-state index contributed by atoms with van der Waals surface area (Å²) in [5.41, 5.74) is -0.401.